The second-order valence-corrected chi connectivity index (χ2v) is 9.76. The molecule has 0 aromatic heterocycles. The minimum Gasteiger partial charge on any atom is -0.352 e. The van der Waals surface area contributed by atoms with E-state index >= 15 is 0 Å². The van der Waals surface area contributed by atoms with E-state index in [1.54, 1.807) is 12.1 Å². The topological polar surface area (TPSA) is 66.5 Å². The number of rotatable bonds is 5. The number of nitrogens with zero attached hydrogens (tertiary/aromatic N) is 1. The standard InChI is InChI=1S/C18H25BrN2O3S/c19-17-9-8-15(25(23,24)21-10-4-5-11-21)12-16(17)18(22)20-13-14-6-2-1-3-7-14/h8-9,12,14H,1-7,10-11,13H2,(H,20,22). The van der Waals surface area contributed by atoms with Gasteiger partial charge < -0.3 is 5.32 Å². The van der Waals surface area contributed by atoms with Crippen molar-refractivity contribution in [1.29, 1.82) is 0 Å². The van der Waals surface area contributed by atoms with Crippen molar-refractivity contribution in [3.8, 4) is 0 Å². The molecule has 0 atom stereocenters. The van der Waals surface area contributed by atoms with Gasteiger partial charge in [0.15, 0.2) is 0 Å². The molecule has 0 radical (unpaired) electrons. The van der Waals surface area contributed by atoms with Gasteiger partial charge in [-0.05, 0) is 65.7 Å². The summed E-state index contributed by atoms with van der Waals surface area (Å²) in [7, 11) is -3.51. The molecule has 1 N–H and O–H groups in total. The third-order valence-electron chi connectivity index (χ3n) is 5.16. The number of hydrogen-bond donors (Lipinski definition) is 1. The molecule has 0 spiro atoms. The van der Waals surface area contributed by atoms with Gasteiger partial charge in [-0.3, -0.25) is 4.79 Å². The Morgan fingerprint density at radius 1 is 1.12 bits per heavy atom. The zero-order valence-electron chi connectivity index (χ0n) is 14.3. The van der Waals surface area contributed by atoms with Crippen molar-refractivity contribution >= 4 is 31.9 Å². The fraction of sp³-hybridized carbons (Fsp3) is 0.611. The van der Waals surface area contributed by atoms with E-state index in [2.05, 4.69) is 21.2 Å². The Hall–Kier alpha value is -0.920. The van der Waals surface area contributed by atoms with Gasteiger partial charge in [0.25, 0.3) is 5.91 Å². The molecule has 3 rings (SSSR count). The van der Waals surface area contributed by atoms with Gasteiger partial charge in [-0.1, -0.05) is 19.3 Å². The van der Waals surface area contributed by atoms with Crippen LogP contribution in [0.4, 0.5) is 0 Å². The number of sulfonamides is 1. The lowest BCUT2D eigenvalue weighted by atomic mass is 9.89. The lowest BCUT2D eigenvalue weighted by molar-refractivity contribution is 0.0942. The molecule has 1 aliphatic heterocycles. The Kier molecular flexibility index (Phi) is 6.17. The van der Waals surface area contributed by atoms with Crippen LogP contribution in [0.25, 0.3) is 0 Å². The van der Waals surface area contributed by atoms with Crippen LogP contribution >= 0.6 is 15.9 Å². The van der Waals surface area contributed by atoms with Crippen LogP contribution in [0.5, 0.6) is 0 Å². The van der Waals surface area contributed by atoms with Gasteiger partial charge >= 0.3 is 0 Å². The summed E-state index contributed by atoms with van der Waals surface area (Å²) in [5.74, 6) is 0.323. The predicted molar refractivity (Wildman–Crippen MR) is 101 cm³/mol. The minimum absolute atomic E-state index is 0.195. The Morgan fingerprint density at radius 2 is 1.80 bits per heavy atom. The number of carbonyl (C=O) groups is 1. The highest BCUT2D eigenvalue weighted by Crippen LogP contribution is 2.26. The average molecular weight is 429 g/mol. The summed E-state index contributed by atoms with van der Waals surface area (Å²) in [4.78, 5) is 12.8. The number of amides is 1. The van der Waals surface area contributed by atoms with E-state index in [1.165, 1.54) is 29.6 Å². The zero-order chi connectivity index (χ0) is 17.9. The summed E-state index contributed by atoms with van der Waals surface area (Å²) < 4.78 is 27.5. The van der Waals surface area contributed by atoms with Crippen molar-refractivity contribution in [3.05, 3.63) is 28.2 Å². The Bertz CT molecular complexity index is 724. The second kappa shape index (κ2) is 8.18. The first-order valence-corrected chi connectivity index (χ1v) is 11.3. The second-order valence-electron chi connectivity index (χ2n) is 6.97. The number of carbonyl (C=O) groups excluding carboxylic acids is 1. The van der Waals surface area contributed by atoms with Crippen LogP contribution in [0.15, 0.2) is 27.6 Å². The Morgan fingerprint density at radius 3 is 2.48 bits per heavy atom. The molecule has 1 amide bonds. The molecule has 7 heteroatoms. The Labute approximate surface area is 158 Å². The van der Waals surface area contributed by atoms with Crippen LogP contribution in [-0.2, 0) is 10.0 Å². The minimum atomic E-state index is -3.51. The van der Waals surface area contributed by atoms with Crippen LogP contribution in [0.2, 0.25) is 0 Å². The smallest absolute Gasteiger partial charge is 0.252 e. The van der Waals surface area contributed by atoms with Gasteiger partial charge in [0.2, 0.25) is 10.0 Å². The molecular formula is C18H25BrN2O3S. The van der Waals surface area contributed by atoms with Crippen LogP contribution in [-0.4, -0.2) is 38.3 Å². The van der Waals surface area contributed by atoms with Crippen molar-refractivity contribution in [1.82, 2.24) is 9.62 Å². The predicted octanol–water partition coefficient (Wildman–Crippen LogP) is 3.54. The molecule has 2 aliphatic rings. The monoisotopic (exact) mass is 428 g/mol. The maximum atomic E-state index is 12.7. The molecule has 1 saturated carbocycles. The van der Waals surface area contributed by atoms with Crippen molar-refractivity contribution in [3.63, 3.8) is 0 Å². The van der Waals surface area contributed by atoms with Gasteiger partial charge in [0.05, 0.1) is 10.5 Å². The summed E-state index contributed by atoms with van der Waals surface area (Å²) >= 11 is 3.38. The van der Waals surface area contributed by atoms with Gasteiger partial charge in [-0.25, -0.2) is 8.42 Å². The largest absolute Gasteiger partial charge is 0.352 e. The first-order chi connectivity index (χ1) is 12.0. The molecule has 1 aliphatic carbocycles. The van der Waals surface area contributed by atoms with E-state index < -0.39 is 10.0 Å². The molecule has 1 heterocycles. The van der Waals surface area contributed by atoms with Crippen LogP contribution in [0.1, 0.15) is 55.3 Å². The highest BCUT2D eigenvalue weighted by atomic mass is 79.9. The zero-order valence-corrected chi connectivity index (χ0v) is 16.7. The SMILES string of the molecule is O=C(NCC1CCCCC1)c1cc(S(=O)(=O)N2CCCC2)ccc1Br. The number of nitrogens with one attached hydrogen (secondary N) is 1. The molecule has 138 valence electrons. The molecule has 25 heavy (non-hydrogen) atoms. The van der Waals surface area contributed by atoms with E-state index in [4.69, 9.17) is 0 Å². The van der Waals surface area contributed by atoms with E-state index in [-0.39, 0.29) is 10.8 Å². The van der Waals surface area contributed by atoms with Gasteiger partial charge in [-0.15, -0.1) is 0 Å². The summed E-state index contributed by atoms with van der Waals surface area (Å²) in [6.45, 7) is 1.78. The maximum absolute atomic E-state index is 12.7. The summed E-state index contributed by atoms with van der Waals surface area (Å²) in [5.41, 5.74) is 0.385. The van der Waals surface area contributed by atoms with E-state index in [9.17, 15) is 13.2 Å². The molecule has 0 bridgehead atoms. The van der Waals surface area contributed by atoms with Crippen LogP contribution < -0.4 is 5.32 Å². The molecule has 1 aromatic carbocycles. The first kappa shape index (κ1) is 18.9. The number of halogens is 1. The van der Waals surface area contributed by atoms with Crippen molar-refractivity contribution in [2.45, 2.75) is 49.8 Å². The van der Waals surface area contributed by atoms with Crippen molar-refractivity contribution in [2.75, 3.05) is 19.6 Å². The normalized spacial score (nSPS) is 19.9. The van der Waals surface area contributed by atoms with E-state index in [1.807, 2.05) is 0 Å². The Balaban J connectivity index is 1.73. The molecule has 2 fully saturated rings. The lowest BCUT2D eigenvalue weighted by Crippen LogP contribution is -2.31. The summed E-state index contributed by atoms with van der Waals surface area (Å²) in [5, 5.41) is 2.98. The van der Waals surface area contributed by atoms with Crippen molar-refractivity contribution < 1.29 is 13.2 Å². The summed E-state index contributed by atoms with van der Waals surface area (Å²) in [6, 6.07) is 4.71. The van der Waals surface area contributed by atoms with Gasteiger partial charge in [0, 0.05) is 24.1 Å². The maximum Gasteiger partial charge on any atom is 0.252 e. The molecule has 0 unspecified atom stereocenters. The van der Waals surface area contributed by atoms with Gasteiger partial charge in [-0.2, -0.15) is 4.31 Å². The molecule has 1 aromatic rings. The first-order valence-electron chi connectivity index (χ1n) is 9.06. The fourth-order valence-corrected chi connectivity index (χ4v) is 5.61. The fourth-order valence-electron chi connectivity index (χ4n) is 3.64. The highest BCUT2D eigenvalue weighted by molar-refractivity contribution is 9.10. The van der Waals surface area contributed by atoms with Crippen LogP contribution in [0.3, 0.4) is 0 Å². The third-order valence-corrected chi connectivity index (χ3v) is 7.75. The molecular weight excluding hydrogens is 404 g/mol. The van der Waals surface area contributed by atoms with Crippen molar-refractivity contribution in [2.24, 2.45) is 5.92 Å². The molecule has 1 saturated heterocycles. The number of benzene rings is 1. The van der Waals surface area contributed by atoms with Gasteiger partial charge in [0.1, 0.15) is 0 Å². The van der Waals surface area contributed by atoms with E-state index in [0.29, 0.717) is 35.6 Å². The van der Waals surface area contributed by atoms with E-state index in [0.717, 1.165) is 25.7 Å². The quantitative estimate of drug-likeness (QED) is 0.779. The van der Waals surface area contributed by atoms with Crippen LogP contribution in [0, 0.1) is 5.92 Å². The highest BCUT2D eigenvalue weighted by Gasteiger charge is 2.28. The lowest BCUT2D eigenvalue weighted by Gasteiger charge is -2.22. The summed E-state index contributed by atoms with van der Waals surface area (Å²) in [6.07, 6.45) is 7.85. The number of hydrogen-bond acceptors (Lipinski definition) is 3. The third kappa shape index (κ3) is 4.44. The molecule has 5 nitrogen and oxygen atoms in total. The average Bonchev–Trinajstić information content (AvgIpc) is 3.16.